The quantitative estimate of drug-likeness (QED) is 0.730. The highest BCUT2D eigenvalue weighted by atomic mass is 32.1. The molecule has 1 saturated heterocycles. The second kappa shape index (κ2) is 8.11. The molecule has 27 heavy (non-hydrogen) atoms. The van der Waals surface area contributed by atoms with E-state index in [0.717, 1.165) is 44.9 Å². The number of benzene rings is 1. The lowest BCUT2D eigenvalue weighted by atomic mass is 10.1. The number of piperazine rings is 1. The van der Waals surface area contributed by atoms with Crippen molar-refractivity contribution >= 4 is 17.2 Å². The Bertz CT molecular complexity index is 848. The summed E-state index contributed by atoms with van der Waals surface area (Å²) >= 11 is 5.50. The van der Waals surface area contributed by atoms with Gasteiger partial charge >= 0.3 is 6.18 Å². The van der Waals surface area contributed by atoms with E-state index in [1.807, 2.05) is 4.90 Å². The number of furan rings is 1. The molecule has 0 saturated carbocycles. The zero-order valence-corrected chi connectivity index (χ0v) is 15.3. The van der Waals surface area contributed by atoms with Crippen molar-refractivity contribution in [1.82, 2.24) is 9.80 Å². The van der Waals surface area contributed by atoms with Crippen molar-refractivity contribution in [3.8, 4) is 17.4 Å². The first-order valence-corrected chi connectivity index (χ1v) is 8.95. The Balaban J connectivity index is 1.68. The van der Waals surface area contributed by atoms with Crippen LogP contribution in [0.25, 0.3) is 11.3 Å². The Morgan fingerprint density at radius 1 is 1.15 bits per heavy atom. The lowest BCUT2D eigenvalue weighted by molar-refractivity contribution is -0.137. The molecule has 0 unspecified atom stereocenters. The summed E-state index contributed by atoms with van der Waals surface area (Å²) in [4.78, 5) is 4.78. The van der Waals surface area contributed by atoms with Crippen LogP contribution < -0.4 is 0 Å². The van der Waals surface area contributed by atoms with Gasteiger partial charge in [-0.25, -0.2) is 0 Å². The summed E-state index contributed by atoms with van der Waals surface area (Å²) in [5.41, 5.74) is -0.353. The molecule has 2 aromatic rings. The van der Waals surface area contributed by atoms with Gasteiger partial charge in [-0.1, -0.05) is 24.4 Å². The normalized spacial score (nSPS) is 15.6. The summed E-state index contributed by atoms with van der Waals surface area (Å²) in [5, 5.41) is 8.66. The first-order valence-electron chi connectivity index (χ1n) is 8.54. The molecule has 0 spiro atoms. The van der Waals surface area contributed by atoms with Crippen molar-refractivity contribution in [3.05, 3.63) is 47.7 Å². The summed E-state index contributed by atoms with van der Waals surface area (Å²) in [5.74, 6) is 0.828. The van der Waals surface area contributed by atoms with Crippen LogP contribution in [-0.2, 0) is 6.18 Å². The van der Waals surface area contributed by atoms with E-state index in [1.165, 1.54) is 6.07 Å². The van der Waals surface area contributed by atoms with Gasteiger partial charge in [0.05, 0.1) is 11.6 Å². The largest absolute Gasteiger partial charge is 0.454 e. The number of halogens is 3. The van der Waals surface area contributed by atoms with Crippen molar-refractivity contribution in [3.63, 3.8) is 0 Å². The van der Waals surface area contributed by atoms with Crippen LogP contribution in [0.1, 0.15) is 17.7 Å². The Morgan fingerprint density at radius 3 is 2.56 bits per heavy atom. The lowest BCUT2D eigenvalue weighted by Crippen LogP contribution is -2.48. The third kappa shape index (κ3) is 4.67. The van der Waals surface area contributed by atoms with E-state index in [4.69, 9.17) is 21.9 Å². The SMILES string of the molecule is N#CCCN1CCN(C(=S)c2ccc(-c3cccc(C(F)(F)F)c3)o2)CC1. The van der Waals surface area contributed by atoms with Gasteiger partial charge in [-0.05, 0) is 24.3 Å². The highest BCUT2D eigenvalue weighted by molar-refractivity contribution is 7.80. The zero-order chi connectivity index (χ0) is 19.4. The second-order valence-electron chi connectivity index (χ2n) is 6.28. The topological polar surface area (TPSA) is 43.4 Å². The summed E-state index contributed by atoms with van der Waals surface area (Å²) in [7, 11) is 0. The maximum absolute atomic E-state index is 12.9. The molecule has 0 amide bonds. The van der Waals surface area contributed by atoms with Crippen LogP contribution in [0.3, 0.4) is 0 Å². The molecule has 3 rings (SSSR count). The van der Waals surface area contributed by atoms with Gasteiger partial charge in [0.1, 0.15) is 10.7 Å². The smallest absolute Gasteiger partial charge is 0.416 e. The van der Waals surface area contributed by atoms with Crippen LogP contribution in [0.5, 0.6) is 0 Å². The summed E-state index contributed by atoms with van der Waals surface area (Å²) in [6, 6.07) is 10.5. The number of thiocarbonyl (C=S) groups is 1. The second-order valence-corrected chi connectivity index (χ2v) is 6.67. The lowest BCUT2D eigenvalue weighted by Gasteiger charge is -2.35. The van der Waals surface area contributed by atoms with Gasteiger partial charge in [-0.3, -0.25) is 4.90 Å². The molecular weight excluding hydrogens is 375 g/mol. The number of nitrogens with zero attached hydrogens (tertiary/aromatic N) is 3. The summed E-state index contributed by atoms with van der Waals surface area (Å²) in [6.07, 6.45) is -3.89. The average molecular weight is 393 g/mol. The van der Waals surface area contributed by atoms with E-state index in [9.17, 15) is 13.2 Å². The predicted molar refractivity (Wildman–Crippen MR) is 99.1 cm³/mol. The average Bonchev–Trinajstić information content (AvgIpc) is 3.16. The molecule has 1 aliphatic rings. The van der Waals surface area contributed by atoms with E-state index in [2.05, 4.69) is 11.0 Å². The van der Waals surface area contributed by atoms with Crippen molar-refractivity contribution in [2.45, 2.75) is 12.6 Å². The summed E-state index contributed by atoms with van der Waals surface area (Å²) in [6.45, 7) is 3.82. The van der Waals surface area contributed by atoms with E-state index < -0.39 is 11.7 Å². The highest BCUT2D eigenvalue weighted by Gasteiger charge is 2.30. The fourth-order valence-corrected chi connectivity index (χ4v) is 3.29. The highest BCUT2D eigenvalue weighted by Crippen LogP contribution is 2.32. The molecule has 0 radical (unpaired) electrons. The van der Waals surface area contributed by atoms with E-state index >= 15 is 0 Å². The van der Waals surface area contributed by atoms with Crippen LogP contribution in [-0.4, -0.2) is 47.5 Å². The molecule has 1 fully saturated rings. The minimum Gasteiger partial charge on any atom is -0.454 e. The van der Waals surface area contributed by atoms with Crippen molar-refractivity contribution in [1.29, 1.82) is 5.26 Å². The predicted octanol–water partition coefficient (Wildman–Crippen LogP) is 4.17. The minimum atomic E-state index is -4.40. The van der Waals surface area contributed by atoms with Crippen LogP contribution >= 0.6 is 12.2 Å². The molecule has 4 nitrogen and oxygen atoms in total. The Morgan fingerprint density at radius 2 is 1.89 bits per heavy atom. The first kappa shape index (κ1) is 19.4. The number of hydrogen-bond acceptors (Lipinski definition) is 4. The molecule has 0 N–H and O–H groups in total. The zero-order valence-electron chi connectivity index (χ0n) is 14.5. The van der Waals surface area contributed by atoms with Gasteiger partial charge in [0, 0.05) is 44.7 Å². The maximum Gasteiger partial charge on any atom is 0.416 e. The third-order valence-corrected chi connectivity index (χ3v) is 4.95. The Hall–Kier alpha value is -2.37. The monoisotopic (exact) mass is 393 g/mol. The fourth-order valence-electron chi connectivity index (χ4n) is 3.00. The van der Waals surface area contributed by atoms with Crippen LogP contribution in [0, 0.1) is 11.3 Å². The van der Waals surface area contributed by atoms with Gasteiger partial charge in [0.15, 0.2) is 5.76 Å². The molecule has 0 bridgehead atoms. The molecule has 1 aliphatic heterocycles. The van der Waals surface area contributed by atoms with Crippen molar-refractivity contribution in [2.24, 2.45) is 0 Å². The van der Waals surface area contributed by atoms with Crippen molar-refractivity contribution in [2.75, 3.05) is 32.7 Å². The van der Waals surface area contributed by atoms with E-state index in [-0.39, 0.29) is 0 Å². The van der Waals surface area contributed by atoms with Crippen LogP contribution in [0.4, 0.5) is 13.2 Å². The summed E-state index contributed by atoms with van der Waals surface area (Å²) < 4.78 is 44.4. The van der Waals surface area contributed by atoms with Crippen molar-refractivity contribution < 1.29 is 17.6 Å². The number of rotatable bonds is 4. The van der Waals surface area contributed by atoms with Gasteiger partial charge in [-0.2, -0.15) is 18.4 Å². The molecule has 142 valence electrons. The number of hydrogen-bond donors (Lipinski definition) is 0. The Kier molecular flexibility index (Phi) is 5.82. The number of nitriles is 1. The van der Waals surface area contributed by atoms with E-state index in [1.54, 1.807) is 18.2 Å². The number of alkyl halides is 3. The fraction of sp³-hybridized carbons (Fsp3) is 0.368. The van der Waals surface area contributed by atoms with Gasteiger partial charge in [0.2, 0.25) is 0 Å². The van der Waals surface area contributed by atoms with Gasteiger partial charge < -0.3 is 9.32 Å². The van der Waals surface area contributed by atoms with Crippen LogP contribution in [0.15, 0.2) is 40.8 Å². The standard InChI is InChI=1S/C19H18F3N3OS/c20-19(21,22)15-4-1-3-14(13-15)16-5-6-17(26-16)18(27)25-11-9-24(10-12-25)8-2-7-23/h1,3-6,13H,2,8-12H2. The maximum atomic E-state index is 12.9. The molecule has 8 heteroatoms. The first-order chi connectivity index (χ1) is 12.9. The van der Waals surface area contributed by atoms with Crippen LogP contribution in [0.2, 0.25) is 0 Å². The molecule has 1 aromatic heterocycles. The third-order valence-electron chi connectivity index (χ3n) is 4.49. The van der Waals surface area contributed by atoms with Gasteiger partial charge in [-0.15, -0.1) is 0 Å². The molecule has 2 heterocycles. The molecule has 1 aromatic carbocycles. The van der Waals surface area contributed by atoms with Gasteiger partial charge in [0.25, 0.3) is 0 Å². The Labute approximate surface area is 160 Å². The molecule has 0 aliphatic carbocycles. The molecule has 0 atom stereocenters. The van der Waals surface area contributed by atoms with E-state index in [0.29, 0.717) is 28.5 Å². The minimum absolute atomic E-state index is 0.353. The molecular formula is C19H18F3N3OS.